The van der Waals surface area contributed by atoms with Gasteiger partial charge in [-0.25, -0.2) is 0 Å². The van der Waals surface area contributed by atoms with Crippen LogP contribution in [0.15, 0.2) is 63.6 Å². The van der Waals surface area contributed by atoms with Crippen molar-refractivity contribution in [3.05, 3.63) is 74.7 Å². The second-order valence-electron chi connectivity index (χ2n) is 6.11. The van der Waals surface area contributed by atoms with Crippen LogP contribution in [0.4, 0.5) is 0 Å². The molecule has 0 bridgehead atoms. The lowest BCUT2D eigenvalue weighted by Crippen LogP contribution is -2.47. The number of hydrogen-bond acceptors (Lipinski definition) is 2. The maximum absolute atomic E-state index is 12.3. The first-order chi connectivity index (χ1) is 12.1. The Bertz CT molecular complexity index is 733. The maximum Gasteiger partial charge on any atom is 0.246 e. The Morgan fingerprint density at radius 1 is 0.880 bits per heavy atom. The van der Waals surface area contributed by atoms with Gasteiger partial charge >= 0.3 is 0 Å². The molecule has 0 unspecified atom stereocenters. The van der Waals surface area contributed by atoms with Crippen LogP contribution in [0, 0.1) is 0 Å². The minimum Gasteiger partial charge on any atom is -0.337 e. The van der Waals surface area contributed by atoms with Crippen LogP contribution in [-0.2, 0) is 11.3 Å². The zero-order valence-corrected chi connectivity index (χ0v) is 17.0. The normalized spacial score (nSPS) is 15.7. The fraction of sp³-hybridized carbons (Fsp3) is 0.250. The highest BCUT2D eigenvalue weighted by Crippen LogP contribution is 2.14. The van der Waals surface area contributed by atoms with Gasteiger partial charge in [0.15, 0.2) is 0 Å². The molecule has 130 valence electrons. The van der Waals surface area contributed by atoms with Crippen molar-refractivity contribution in [1.29, 1.82) is 0 Å². The van der Waals surface area contributed by atoms with Crippen molar-refractivity contribution in [2.75, 3.05) is 26.2 Å². The van der Waals surface area contributed by atoms with Crippen LogP contribution < -0.4 is 0 Å². The van der Waals surface area contributed by atoms with Crippen LogP contribution >= 0.6 is 31.9 Å². The summed E-state index contributed by atoms with van der Waals surface area (Å²) in [5.74, 6) is 0.0891. The maximum atomic E-state index is 12.3. The summed E-state index contributed by atoms with van der Waals surface area (Å²) in [6.07, 6.45) is 3.55. The highest BCUT2D eigenvalue weighted by molar-refractivity contribution is 9.10. The number of carbonyl (C=O) groups is 1. The zero-order chi connectivity index (χ0) is 17.6. The van der Waals surface area contributed by atoms with E-state index >= 15 is 0 Å². The van der Waals surface area contributed by atoms with Crippen LogP contribution in [0.5, 0.6) is 0 Å². The number of halogens is 2. The minimum absolute atomic E-state index is 0.0891. The van der Waals surface area contributed by atoms with Gasteiger partial charge in [0.2, 0.25) is 5.91 Å². The van der Waals surface area contributed by atoms with Crippen molar-refractivity contribution >= 4 is 43.8 Å². The molecule has 1 aliphatic heterocycles. The summed E-state index contributed by atoms with van der Waals surface area (Å²) in [5, 5.41) is 0. The standard InChI is InChI=1S/C20H20Br2N2O/c21-18-6-1-16(2-7-18)5-10-20(25)24-13-11-23(12-14-24)15-17-3-8-19(22)9-4-17/h1-10H,11-15H2/b10-5+. The van der Waals surface area contributed by atoms with Crippen molar-refractivity contribution in [2.24, 2.45) is 0 Å². The smallest absolute Gasteiger partial charge is 0.246 e. The van der Waals surface area contributed by atoms with Gasteiger partial charge in [0, 0.05) is 47.7 Å². The summed E-state index contributed by atoms with van der Waals surface area (Å²) in [5.41, 5.74) is 2.34. The molecule has 1 fully saturated rings. The van der Waals surface area contributed by atoms with Crippen molar-refractivity contribution in [1.82, 2.24) is 9.80 Å². The van der Waals surface area contributed by atoms with E-state index in [1.807, 2.05) is 35.2 Å². The van der Waals surface area contributed by atoms with Crippen molar-refractivity contribution < 1.29 is 4.79 Å². The van der Waals surface area contributed by atoms with Gasteiger partial charge in [-0.15, -0.1) is 0 Å². The number of nitrogens with zero attached hydrogens (tertiary/aromatic N) is 2. The lowest BCUT2D eigenvalue weighted by molar-refractivity contribution is -0.127. The molecule has 0 aromatic heterocycles. The number of carbonyl (C=O) groups excluding carboxylic acids is 1. The third-order valence-electron chi connectivity index (χ3n) is 4.29. The number of hydrogen-bond donors (Lipinski definition) is 0. The molecule has 0 spiro atoms. The molecule has 0 saturated carbocycles. The van der Waals surface area contributed by atoms with Crippen LogP contribution in [0.2, 0.25) is 0 Å². The Labute approximate surface area is 165 Å². The van der Waals surface area contributed by atoms with E-state index in [-0.39, 0.29) is 5.91 Å². The summed E-state index contributed by atoms with van der Waals surface area (Å²) < 4.78 is 2.14. The van der Waals surface area contributed by atoms with Gasteiger partial charge < -0.3 is 4.90 Å². The SMILES string of the molecule is O=C(/C=C/c1ccc(Br)cc1)N1CCN(Cc2ccc(Br)cc2)CC1. The predicted octanol–water partition coefficient (Wildman–Crippen LogP) is 4.57. The third-order valence-corrected chi connectivity index (χ3v) is 5.35. The second kappa shape index (κ2) is 8.79. The van der Waals surface area contributed by atoms with E-state index in [0.29, 0.717) is 0 Å². The number of benzene rings is 2. The Balaban J connectivity index is 1.48. The van der Waals surface area contributed by atoms with Gasteiger partial charge in [0.25, 0.3) is 0 Å². The van der Waals surface area contributed by atoms with Gasteiger partial charge in [-0.1, -0.05) is 56.1 Å². The van der Waals surface area contributed by atoms with E-state index in [0.717, 1.165) is 47.2 Å². The summed E-state index contributed by atoms with van der Waals surface area (Å²) in [7, 11) is 0. The lowest BCUT2D eigenvalue weighted by Gasteiger charge is -2.34. The average molecular weight is 464 g/mol. The number of piperazine rings is 1. The molecule has 1 saturated heterocycles. The Morgan fingerprint density at radius 2 is 1.44 bits per heavy atom. The summed E-state index contributed by atoms with van der Waals surface area (Å²) in [6.45, 7) is 4.31. The van der Waals surface area contributed by atoms with Crippen LogP contribution in [0.25, 0.3) is 6.08 Å². The van der Waals surface area contributed by atoms with E-state index in [1.54, 1.807) is 6.08 Å². The average Bonchev–Trinajstić information content (AvgIpc) is 2.63. The molecule has 5 heteroatoms. The molecular weight excluding hydrogens is 444 g/mol. The lowest BCUT2D eigenvalue weighted by atomic mass is 10.2. The molecule has 0 N–H and O–H groups in total. The molecule has 1 heterocycles. The highest BCUT2D eigenvalue weighted by Gasteiger charge is 2.19. The molecule has 25 heavy (non-hydrogen) atoms. The van der Waals surface area contributed by atoms with Crippen LogP contribution in [-0.4, -0.2) is 41.9 Å². The zero-order valence-electron chi connectivity index (χ0n) is 13.9. The predicted molar refractivity (Wildman–Crippen MR) is 109 cm³/mol. The van der Waals surface area contributed by atoms with Gasteiger partial charge in [-0.05, 0) is 41.5 Å². The molecule has 2 aromatic rings. The Kier molecular flexibility index (Phi) is 6.45. The van der Waals surface area contributed by atoms with Gasteiger partial charge in [0.1, 0.15) is 0 Å². The Morgan fingerprint density at radius 3 is 2.04 bits per heavy atom. The monoisotopic (exact) mass is 462 g/mol. The molecule has 3 rings (SSSR count). The molecule has 0 radical (unpaired) electrons. The minimum atomic E-state index is 0.0891. The molecule has 1 aliphatic rings. The van der Waals surface area contributed by atoms with Crippen molar-refractivity contribution in [3.63, 3.8) is 0 Å². The first kappa shape index (κ1) is 18.4. The molecule has 2 aromatic carbocycles. The Hall–Kier alpha value is -1.43. The van der Waals surface area contributed by atoms with Gasteiger partial charge in [-0.2, -0.15) is 0 Å². The van der Waals surface area contributed by atoms with E-state index in [9.17, 15) is 4.79 Å². The summed E-state index contributed by atoms with van der Waals surface area (Å²) >= 11 is 6.88. The number of rotatable bonds is 4. The molecule has 3 nitrogen and oxygen atoms in total. The van der Waals surface area contributed by atoms with Crippen LogP contribution in [0.3, 0.4) is 0 Å². The fourth-order valence-corrected chi connectivity index (χ4v) is 3.35. The third kappa shape index (κ3) is 5.53. The van der Waals surface area contributed by atoms with E-state index in [1.165, 1.54) is 5.56 Å². The van der Waals surface area contributed by atoms with E-state index in [2.05, 4.69) is 61.0 Å². The van der Waals surface area contributed by atoms with Crippen LogP contribution in [0.1, 0.15) is 11.1 Å². The topological polar surface area (TPSA) is 23.6 Å². The van der Waals surface area contributed by atoms with Gasteiger partial charge in [-0.3, -0.25) is 9.69 Å². The van der Waals surface area contributed by atoms with Crippen molar-refractivity contribution in [2.45, 2.75) is 6.54 Å². The highest BCUT2D eigenvalue weighted by atomic mass is 79.9. The molecule has 0 aliphatic carbocycles. The summed E-state index contributed by atoms with van der Waals surface area (Å²) in [6, 6.07) is 16.4. The quantitative estimate of drug-likeness (QED) is 0.620. The number of amides is 1. The van der Waals surface area contributed by atoms with Crippen molar-refractivity contribution in [3.8, 4) is 0 Å². The van der Waals surface area contributed by atoms with E-state index in [4.69, 9.17) is 0 Å². The van der Waals surface area contributed by atoms with E-state index < -0.39 is 0 Å². The molecule has 1 amide bonds. The first-order valence-corrected chi connectivity index (χ1v) is 9.88. The van der Waals surface area contributed by atoms with Gasteiger partial charge in [0.05, 0.1) is 0 Å². The fourth-order valence-electron chi connectivity index (χ4n) is 2.82. The second-order valence-corrected chi connectivity index (χ2v) is 7.94. The largest absolute Gasteiger partial charge is 0.337 e. The molecule has 0 atom stereocenters. The molecular formula is C20H20Br2N2O. The summed E-state index contributed by atoms with van der Waals surface area (Å²) in [4.78, 5) is 16.7. The first-order valence-electron chi connectivity index (χ1n) is 8.29.